The van der Waals surface area contributed by atoms with E-state index in [1.165, 1.54) is 21.1 Å². The minimum Gasteiger partial charge on any atom is -0.319 e. The number of rotatable bonds is 6. The van der Waals surface area contributed by atoms with Gasteiger partial charge in [-0.1, -0.05) is 41.6 Å². The van der Waals surface area contributed by atoms with Crippen LogP contribution in [0.15, 0.2) is 64.5 Å². The second kappa shape index (κ2) is 9.01. The van der Waals surface area contributed by atoms with E-state index in [9.17, 15) is 9.59 Å². The summed E-state index contributed by atoms with van der Waals surface area (Å²) in [4.78, 5) is 25.9. The van der Waals surface area contributed by atoms with E-state index in [2.05, 4.69) is 20.8 Å². The number of nitrogens with one attached hydrogen (secondary N) is 1. The number of tetrazole rings is 1. The third-order valence-corrected chi connectivity index (χ3v) is 6.25. The van der Waals surface area contributed by atoms with Crippen LogP contribution in [0.1, 0.15) is 12.6 Å². The molecule has 0 saturated heterocycles. The second-order valence-electron chi connectivity index (χ2n) is 7.04. The number of amides is 1. The van der Waals surface area contributed by atoms with Crippen molar-refractivity contribution in [2.24, 2.45) is 7.05 Å². The number of para-hydroxylation sites is 1. The number of aromatic nitrogens is 6. The van der Waals surface area contributed by atoms with Crippen molar-refractivity contribution in [1.82, 2.24) is 29.6 Å². The van der Waals surface area contributed by atoms with E-state index in [1.54, 1.807) is 49.8 Å². The number of anilines is 1. The lowest BCUT2D eigenvalue weighted by molar-refractivity contribution is -0.115. The normalized spacial score (nSPS) is 12.0. The molecular formula is C21H20ClN7O2S. The topological polar surface area (TPSA) is 99.6 Å². The molecule has 2 heterocycles. The fourth-order valence-corrected chi connectivity index (χ4v) is 4.08. The summed E-state index contributed by atoms with van der Waals surface area (Å²) >= 11 is 7.13. The molecule has 0 aliphatic rings. The van der Waals surface area contributed by atoms with Crippen molar-refractivity contribution in [3.8, 4) is 11.4 Å². The van der Waals surface area contributed by atoms with Gasteiger partial charge in [0.25, 0.3) is 5.56 Å². The Labute approximate surface area is 193 Å². The van der Waals surface area contributed by atoms with Crippen molar-refractivity contribution < 1.29 is 4.79 Å². The van der Waals surface area contributed by atoms with Crippen molar-refractivity contribution >= 4 is 35.0 Å². The predicted octanol–water partition coefficient (Wildman–Crippen LogP) is 3.23. The molecule has 0 saturated carbocycles. The summed E-state index contributed by atoms with van der Waals surface area (Å²) in [5, 5.41) is 15.0. The fraction of sp³-hybridized carbons (Fsp3) is 0.190. The molecule has 0 bridgehead atoms. The van der Waals surface area contributed by atoms with Crippen molar-refractivity contribution in [3.63, 3.8) is 0 Å². The zero-order valence-electron chi connectivity index (χ0n) is 17.6. The monoisotopic (exact) mass is 469 g/mol. The molecule has 2 aromatic heterocycles. The molecule has 4 aromatic rings. The molecule has 0 fully saturated rings. The lowest BCUT2D eigenvalue weighted by atomic mass is 10.3. The number of benzene rings is 2. The van der Waals surface area contributed by atoms with Crippen molar-refractivity contribution in [1.29, 1.82) is 0 Å². The summed E-state index contributed by atoms with van der Waals surface area (Å²) in [6, 6.07) is 16.3. The van der Waals surface area contributed by atoms with Gasteiger partial charge in [0, 0.05) is 12.1 Å². The minimum atomic E-state index is -0.559. The third-order valence-electron chi connectivity index (χ3n) is 4.97. The number of halogens is 1. The van der Waals surface area contributed by atoms with E-state index in [1.807, 2.05) is 30.3 Å². The van der Waals surface area contributed by atoms with Gasteiger partial charge in [-0.2, -0.15) is 4.68 Å². The summed E-state index contributed by atoms with van der Waals surface area (Å²) in [5.74, 6) is -0.327. The Kier molecular flexibility index (Phi) is 6.15. The maximum absolute atomic E-state index is 13.0. The van der Waals surface area contributed by atoms with Gasteiger partial charge >= 0.3 is 0 Å². The largest absolute Gasteiger partial charge is 0.319 e. The Morgan fingerprint density at radius 2 is 1.78 bits per heavy atom. The molecule has 0 radical (unpaired) electrons. The molecule has 0 spiro atoms. The van der Waals surface area contributed by atoms with Crippen molar-refractivity contribution in [3.05, 3.63) is 75.7 Å². The van der Waals surface area contributed by atoms with E-state index in [0.29, 0.717) is 21.6 Å². The number of hydrogen-bond donors (Lipinski definition) is 1. The van der Waals surface area contributed by atoms with Gasteiger partial charge in [0.15, 0.2) is 0 Å². The molecule has 1 unspecified atom stereocenters. The van der Waals surface area contributed by atoms with Crippen LogP contribution >= 0.6 is 23.4 Å². The lowest BCUT2D eigenvalue weighted by Gasteiger charge is -2.11. The maximum Gasteiger partial charge on any atom is 0.295 e. The smallest absolute Gasteiger partial charge is 0.295 e. The molecule has 164 valence electrons. The van der Waals surface area contributed by atoms with Crippen molar-refractivity contribution in [2.45, 2.75) is 24.3 Å². The molecule has 4 rings (SSSR count). The molecule has 11 heteroatoms. The Morgan fingerprint density at radius 1 is 1.09 bits per heavy atom. The molecule has 1 atom stereocenters. The van der Waals surface area contributed by atoms with Crippen LogP contribution in [0.25, 0.3) is 11.4 Å². The van der Waals surface area contributed by atoms with Gasteiger partial charge in [-0.3, -0.25) is 14.3 Å². The van der Waals surface area contributed by atoms with Crippen LogP contribution < -0.4 is 10.9 Å². The van der Waals surface area contributed by atoms with E-state index in [-0.39, 0.29) is 17.2 Å². The van der Waals surface area contributed by atoms with E-state index in [4.69, 9.17) is 11.6 Å². The van der Waals surface area contributed by atoms with Crippen LogP contribution in [0.5, 0.6) is 0 Å². The van der Waals surface area contributed by atoms with Gasteiger partial charge in [-0.15, -0.1) is 5.10 Å². The summed E-state index contributed by atoms with van der Waals surface area (Å²) in [7, 11) is 1.78. The first kappa shape index (κ1) is 21.8. The quantitative estimate of drug-likeness (QED) is 0.435. The number of carbonyl (C=O) groups is 1. The minimum absolute atomic E-state index is 0.242. The SMILES string of the molecule is Cc1c(NC(=O)C(C)Sc2nnnn2-c2ccc(Cl)cc2)c(=O)n(-c2ccccc2)n1C. The van der Waals surface area contributed by atoms with E-state index >= 15 is 0 Å². The van der Waals surface area contributed by atoms with E-state index < -0.39 is 5.25 Å². The molecule has 2 aromatic carbocycles. The average Bonchev–Trinajstić information content (AvgIpc) is 3.33. The summed E-state index contributed by atoms with van der Waals surface area (Å²) in [5.41, 5.74) is 2.03. The fourth-order valence-electron chi connectivity index (χ4n) is 3.15. The summed E-state index contributed by atoms with van der Waals surface area (Å²) in [6.45, 7) is 3.52. The zero-order valence-corrected chi connectivity index (χ0v) is 19.1. The number of carbonyl (C=O) groups excluding carboxylic acids is 1. The molecule has 1 amide bonds. The standard InChI is InChI=1S/C21H20ClN7O2S/c1-13-18(20(31)29(27(13)3)17-7-5-4-6-8-17)23-19(30)14(2)32-21-24-25-26-28(21)16-11-9-15(22)10-12-16/h4-12,14H,1-3H3,(H,23,30). The van der Waals surface area contributed by atoms with Gasteiger partial charge in [0.2, 0.25) is 11.1 Å². The molecule has 0 aliphatic heterocycles. The number of thioether (sulfide) groups is 1. The van der Waals surface area contributed by atoms with Gasteiger partial charge in [-0.05, 0) is 60.7 Å². The first-order chi connectivity index (χ1) is 15.4. The second-order valence-corrected chi connectivity index (χ2v) is 8.78. The molecule has 32 heavy (non-hydrogen) atoms. The highest BCUT2D eigenvalue weighted by molar-refractivity contribution is 8.00. The summed E-state index contributed by atoms with van der Waals surface area (Å²) < 4.78 is 4.76. The molecule has 1 N–H and O–H groups in total. The average molecular weight is 470 g/mol. The zero-order chi connectivity index (χ0) is 22.8. The Morgan fingerprint density at radius 3 is 2.47 bits per heavy atom. The number of nitrogens with zero attached hydrogens (tertiary/aromatic N) is 6. The van der Waals surface area contributed by atoms with Gasteiger partial charge in [0.1, 0.15) is 5.69 Å². The maximum atomic E-state index is 13.0. The Bertz CT molecular complexity index is 1310. The molecule has 9 nitrogen and oxygen atoms in total. The van der Waals surface area contributed by atoms with Crippen LogP contribution in [0.2, 0.25) is 5.02 Å². The van der Waals surface area contributed by atoms with Gasteiger partial charge < -0.3 is 5.32 Å². The Balaban J connectivity index is 1.54. The molecule has 0 aliphatic carbocycles. The summed E-state index contributed by atoms with van der Waals surface area (Å²) in [6.07, 6.45) is 0. The Hall–Kier alpha value is -3.37. The highest BCUT2D eigenvalue weighted by Crippen LogP contribution is 2.25. The van der Waals surface area contributed by atoms with Crippen LogP contribution in [-0.2, 0) is 11.8 Å². The third kappa shape index (κ3) is 4.19. The van der Waals surface area contributed by atoms with Gasteiger partial charge in [-0.25, -0.2) is 4.68 Å². The highest BCUT2D eigenvalue weighted by atomic mass is 35.5. The highest BCUT2D eigenvalue weighted by Gasteiger charge is 2.23. The van der Waals surface area contributed by atoms with Crippen LogP contribution in [0.4, 0.5) is 5.69 Å². The van der Waals surface area contributed by atoms with Crippen molar-refractivity contribution in [2.75, 3.05) is 5.32 Å². The predicted molar refractivity (Wildman–Crippen MR) is 124 cm³/mol. The lowest BCUT2D eigenvalue weighted by Crippen LogP contribution is -2.27. The van der Waals surface area contributed by atoms with Crippen LogP contribution in [-0.4, -0.2) is 40.7 Å². The van der Waals surface area contributed by atoms with E-state index in [0.717, 1.165) is 5.69 Å². The van der Waals surface area contributed by atoms with Crippen LogP contribution in [0.3, 0.4) is 0 Å². The molecular weight excluding hydrogens is 450 g/mol. The van der Waals surface area contributed by atoms with Crippen LogP contribution in [0, 0.1) is 6.92 Å². The van der Waals surface area contributed by atoms with Gasteiger partial charge in [0.05, 0.1) is 22.3 Å². The first-order valence-corrected chi connectivity index (χ1v) is 11.0. The number of hydrogen-bond acceptors (Lipinski definition) is 6. The first-order valence-electron chi connectivity index (χ1n) is 9.72.